The third-order valence-electron chi connectivity index (χ3n) is 3.26. The van der Waals surface area contributed by atoms with E-state index in [0.717, 1.165) is 5.56 Å². The molecule has 0 spiro atoms. The predicted molar refractivity (Wildman–Crippen MR) is 67.3 cm³/mol. The molecule has 1 rings (SSSR count). The maximum absolute atomic E-state index is 13.4. The summed E-state index contributed by atoms with van der Waals surface area (Å²) in [4.78, 5) is 0. The van der Waals surface area contributed by atoms with E-state index in [9.17, 15) is 8.78 Å². The van der Waals surface area contributed by atoms with Crippen LogP contribution in [0, 0.1) is 5.92 Å². The molecular formula is C14H21F2N. The molecule has 0 aliphatic rings. The summed E-state index contributed by atoms with van der Waals surface area (Å²) in [7, 11) is 0. The normalized spacial score (nSPS) is 14.1. The van der Waals surface area contributed by atoms with E-state index in [2.05, 4.69) is 13.8 Å². The van der Waals surface area contributed by atoms with Crippen LogP contribution in [0.3, 0.4) is 0 Å². The highest BCUT2D eigenvalue weighted by atomic mass is 19.3. The number of rotatable bonds is 5. The largest absolute Gasteiger partial charge is 0.330 e. The quantitative estimate of drug-likeness (QED) is 0.831. The van der Waals surface area contributed by atoms with Gasteiger partial charge in [-0.05, 0) is 23.9 Å². The van der Waals surface area contributed by atoms with Gasteiger partial charge in [-0.1, -0.05) is 45.0 Å². The second-order valence-corrected chi connectivity index (χ2v) is 4.77. The molecule has 17 heavy (non-hydrogen) atoms. The minimum absolute atomic E-state index is 0.0864. The molecule has 1 aromatic carbocycles. The van der Waals surface area contributed by atoms with Gasteiger partial charge in [-0.15, -0.1) is 0 Å². The summed E-state index contributed by atoms with van der Waals surface area (Å²) >= 11 is 0. The lowest BCUT2D eigenvalue weighted by Crippen LogP contribution is -2.18. The highest BCUT2D eigenvalue weighted by Crippen LogP contribution is 2.32. The molecule has 96 valence electrons. The SMILES string of the molecule is CCC(F)(F)c1ccc(C(CN)C(C)C)cc1. The van der Waals surface area contributed by atoms with Gasteiger partial charge in [0.2, 0.25) is 0 Å². The lowest BCUT2D eigenvalue weighted by Gasteiger charge is -2.21. The van der Waals surface area contributed by atoms with Crippen LogP contribution in [-0.2, 0) is 5.92 Å². The molecule has 0 heterocycles. The van der Waals surface area contributed by atoms with Gasteiger partial charge in [-0.25, -0.2) is 8.78 Å². The minimum Gasteiger partial charge on any atom is -0.330 e. The summed E-state index contributed by atoms with van der Waals surface area (Å²) in [6.45, 7) is 6.21. The van der Waals surface area contributed by atoms with Gasteiger partial charge >= 0.3 is 0 Å². The number of alkyl halides is 2. The number of hydrogen-bond acceptors (Lipinski definition) is 1. The van der Waals surface area contributed by atoms with Gasteiger partial charge in [-0.2, -0.15) is 0 Å². The molecule has 0 aromatic heterocycles. The summed E-state index contributed by atoms with van der Waals surface area (Å²) in [5.41, 5.74) is 6.83. The van der Waals surface area contributed by atoms with Crippen molar-refractivity contribution in [1.82, 2.24) is 0 Å². The molecule has 1 nitrogen and oxygen atoms in total. The van der Waals surface area contributed by atoms with Crippen molar-refractivity contribution in [1.29, 1.82) is 0 Å². The van der Waals surface area contributed by atoms with Gasteiger partial charge < -0.3 is 5.73 Å². The van der Waals surface area contributed by atoms with Crippen LogP contribution in [0.1, 0.15) is 44.2 Å². The Morgan fingerprint density at radius 2 is 1.71 bits per heavy atom. The van der Waals surface area contributed by atoms with Crippen molar-refractivity contribution in [3.8, 4) is 0 Å². The summed E-state index contributed by atoms with van der Waals surface area (Å²) in [6, 6.07) is 6.58. The van der Waals surface area contributed by atoms with E-state index < -0.39 is 5.92 Å². The van der Waals surface area contributed by atoms with E-state index in [1.54, 1.807) is 12.1 Å². The van der Waals surface area contributed by atoms with Gasteiger partial charge in [0.05, 0.1) is 0 Å². The van der Waals surface area contributed by atoms with E-state index >= 15 is 0 Å². The van der Waals surface area contributed by atoms with Crippen LogP contribution in [0.2, 0.25) is 0 Å². The molecule has 0 radical (unpaired) electrons. The molecule has 0 aliphatic heterocycles. The van der Waals surface area contributed by atoms with Crippen molar-refractivity contribution in [3.05, 3.63) is 35.4 Å². The first kappa shape index (κ1) is 14.1. The Bertz CT molecular complexity index is 344. The average Bonchev–Trinajstić information content (AvgIpc) is 2.30. The Hall–Kier alpha value is -0.960. The molecule has 0 fully saturated rings. The number of halogens is 2. The fourth-order valence-corrected chi connectivity index (χ4v) is 1.97. The Morgan fingerprint density at radius 3 is 2.06 bits per heavy atom. The lowest BCUT2D eigenvalue weighted by atomic mass is 9.88. The van der Waals surface area contributed by atoms with Crippen molar-refractivity contribution >= 4 is 0 Å². The van der Waals surface area contributed by atoms with Crippen LogP contribution in [0.25, 0.3) is 0 Å². The predicted octanol–water partition coefficient (Wildman–Crippen LogP) is 3.89. The lowest BCUT2D eigenvalue weighted by molar-refractivity contribution is -0.00830. The fraction of sp³-hybridized carbons (Fsp3) is 0.571. The van der Waals surface area contributed by atoms with Crippen LogP contribution >= 0.6 is 0 Å². The maximum atomic E-state index is 13.4. The Labute approximate surface area is 102 Å². The van der Waals surface area contributed by atoms with E-state index in [-0.39, 0.29) is 17.9 Å². The molecule has 3 heteroatoms. The highest BCUT2D eigenvalue weighted by molar-refractivity contribution is 5.28. The first-order chi connectivity index (χ1) is 7.92. The molecule has 0 amide bonds. The van der Waals surface area contributed by atoms with Gasteiger partial charge in [0.25, 0.3) is 5.92 Å². The summed E-state index contributed by atoms with van der Waals surface area (Å²) in [5.74, 6) is -2.08. The Morgan fingerprint density at radius 1 is 1.18 bits per heavy atom. The molecule has 0 bridgehead atoms. The molecule has 1 aromatic rings. The number of benzene rings is 1. The zero-order valence-electron chi connectivity index (χ0n) is 10.7. The summed E-state index contributed by atoms with van der Waals surface area (Å²) < 4.78 is 26.9. The number of hydrogen-bond donors (Lipinski definition) is 1. The fourth-order valence-electron chi connectivity index (χ4n) is 1.97. The molecule has 0 saturated carbocycles. The van der Waals surface area contributed by atoms with E-state index in [1.165, 1.54) is 19.1 Å². The maximum Gasteiger partial charge on any atom is 0.273 e. The molecule has 0 aliphatic carbocycles. The number of nitrogens with two attached hydrogens (primary N) is 1. The third-order valence-corrected chi connectivity index (χ3v) is 3.26. The zero-order chi connectivity index (χ0) is 13.1. The second-order valence-electron chi connectivity index (χ2n) is 4.77. The van der Waals surface area contributed by atoms with Gasteiger partial charge in [0, 0.05) is 12.0 Å². The third kappa shape index (κ3) is 3.25. The molecule has 1 atom stereocenters. The summed E-state index contributed by atoms with van der Waals surface area (Å²) in [5, 5.41) is 0. The first-order valence-corrected chi connectivity index (χ1v) is 6.10. The van der Waals surface area contributed by atoms with Crippen molar-refractivity contribution in [2.45, 2.75) is 39.0 Å². The Kier molecular flexibility index (Phi) is 4.63. The highest BCUT2D eigenvalue weighted by Gasteiger charge is 2.28. The van der Waals surface area contributed by atoms with Crippen LogP contribution in [0.5, 0.6) is 0 Å². The van der Waals surface area contributed by atoms with Crippen molar-refractivity contribution in [2.24, 2.45) is 11.7 Å². The minimum atomic E-state index is -2.73. The van der Waals surface area contributed by atoms with Gasteiger partial charge in [0.1, 0.15) is 0 Å². The van der Waals surface area contributed by atoms with Gasteiger partial charge in [-0.3, -0.25) is 0 Å². The van der Waals surface area contributed by atoms with E-state index in [4.69, 9.17) is 5.73 Å². The molecule has 0 saturated heterocycles. The van der Waals surface area contributed by atoms with Crippen LogP contribution in [0.4, 0.5) is 8.78 Å². The molecule has 2 N–H and O–H groups in total. The average molecular weight is 241 g/mol. The molecule has 1 unspecified atom stereocenters. The second kappa shape index (κ2) is 5.58. The molecular weight excluding hydrogens is 220 g/mol. The summed E-state index contributed by atoms with van der Waals surface area (Å²) in [6.07, 6.45) is -0.170. The van der Waals surface area contributed by atoms with Crippen LogP contribution in [0.15, 0.2) is 24.3 Å². The van der Waals surface area contributed by atoms with E-state index in [1.807, 2.05) is 0 Å². The van der Waals surface area contributed by atoms with E-state index in [0.29, 0.717) is 12.5 Å². The van der Waals surface area contributed by atoms with Crippen molar-refractivity contribution in [3.63, 3.8) is 0 Å². The smallest absolute Gasteiger partial charge is 0.273 e. The Balaban J connectivity index is 2.95. The van der Waals surface area contributed by atoms with Crippen LogP contribution in [-0.4, -0.2) is 6.54 Å². The van der Waals surface area contributed by atoms with Crippen molar-refractivity contribution in [2.75, 3.05) is 6.54 Å². The standard InChI is InChI=1S/C14H21F2N/c1-4-14(15,16)12-7-5-11(6-8-12)13(9-17)10(2)3/h5-8,10,13H,4,9,17H2,1-3H3. The van der Waals surface area contributed by atoms with Crippen molar-refractivity contribution < 1.29 is 8.78 Å². The topological polar surface area (TPSA) is 26.0 Å². The van der Waals surface area contributed by atoms with Gasteiger partial charge in [0.15, 0.2) is 0 Å². The monoisotopic (exact) mass is 241 g/mol. The zero-order valence-corrected chi connectivity index (χ0v) is 10.7. The van der Waals surface area contributed by atoms with Crippen LogP contribution < -0.4 is 5.73 Å². The first-order valence-electron chi connectivity index (χ1n) is 6.10.